The SMILES string of the molecule is CCC(N)C(=O)N([C@@H](C)C(=O)N[C@@H](C)C(=O)O)C12CC(CCC1C)C2(C)C. The van der Waals surface area contributed by atoms with E-state index in [4.69, 9.17) is 10.8 Å². The van der Waals surface area contributed by atoms with Gasteiger partial charge in [0.05, 0.1) is 11.6 Å². The van der Waals surface area contributed by atoms with E-state index in [2.05, 4.69) is 26.1 Å². The molecule has 0 aromatic heterocycles. The number of carboxylic acid groups (broad SMARTS) is 1. The van der Waals surface area contributed by atoms with Crippen LogP contribution < -0.4 is 11.1 Å². The molecule has 4 unspecified atom stereocenters. The second-order valence-electron chi connectivity index (χ2n) is 8.99. The van der Waals surface area contributed by atoms with Gasteiger partial charge in [0.25, 0.3) is 0 Å². The number of aliphatic carboxylic acids is 1. The van der Waals surface area contributed by atoms with Crippen molar-refractivity contribution in [2.24, 2.45) is 23.0 Å². The van der Waals surface area contributed by atoms with Crippen LogP contribution in [-0.4, -0.2) is 51.5 Å². The number of nitrogens with one attached hydrogen (secondary N) is 1. The molecule has 3 saturated carbocycles. The fraction of sp³-hybridized carbons (Fsp3) is 0.850. The number of fused-ring (bicyclic) bond motifs is 2. The lowest BCUT2D eigenvalue weighted by molar-refractivity contribution is -0.223. The highest BCUT2D eigenvalue weighted by Crippen LogP contribution is 2.67. The fourth-order valence-corrected chi connectivity index (χ4v) is 5.35. The molecule has 0 aliphatic heterocycles. The van der Waals surface area contributed by atoms with Crippen LogP contribution in [-0.2, 0) is 14.4 Å². The van der Waals surface area contributed by atoms with E-state index in [9.17, 15) is 14.4 Å². The zero-order chi connectivity index (χ0) is 20.7. The third-order valence-corrected chi connectivity index (χ3v) is 7.38. The molecule has 27 heavy (non-hydrogen) atoms. The normalized spacial score (nSPS) is 31.8. The topological polar surface area (TPSA) is 113 Å². The quantitative estimate of drug-likeness (QED) is 0.622. The summed E-state index contributed by atoms with van der Waals surface area (Å²) in [5.74, 6) is -1.00. The molecule has 7 heteroatoms. The molecule has 0 radical (unpaired) electrons. The number of rotatable bonds is 7. The molecule has 3 aliphatic rings. The molecule has 0 saturated heterocycles. The first-order chi connectivity index (χ1) is 12.4. The van der Waals surface area contributed by atoms with E-state index in [1.165, 1.54) is 6.92 Å². The van der Waals surface area contributed by atoms with Crippen molar-refractivity contribution in [1.82, 2.24) is 10.2 Å². The van der Waals surface area contributed by atoms with E-state index >= 15 is 0 Å². The maximum absolute atomic E-state index is 13.3. The largest absolute Gasteiger partial charge is 0.480 e. The Morgan fingerprint density at radius 3 is 2.30 bits per heavy atom. The van der Waals surface area contributed by atoms with Crippen LogP contribution in [0.25, 0.3) is 0 Å². The number of carbonyl (C=O) groups is 3. The first-order valence-electron chi connectivity index (χ1n) is 10.0. The summed E-state index contributed by atoms with van der Waals surface area (Å²) in [6.07, 6.45) is 3.51. The highest BCUT2D eigenvalue weighted by Gasteiger charge is 2.69. The van der Waals surface area contributed by atoms with Crippen LogP contribution in [0.2, 0.25) is 0 Å². The number of carbonyl (C=O) groups excluding carboxylic acids is 2. The van der Waals surface area contributed by atoms with Crippen molar-refractivity contribution in [2.45, 2.75) is 90.9 Å². The summed E-state index contributed by atoms with van der Waals surface area (Å²) in [5.41, 5.74) is 5.57. The number of carboxylic acids is 1. The summed E-state index contributed by atoms with van der Waals surface area (Å²) >= 11 is 0. The van der Waals surface area contributed by atoms with E-state index < -0.39 is 35.5 Å². The second kappa shape index (κ2) is 7.41. The molecule has 154 valence electrons. The van der Waals surface area contributed by atoms with Crippen LogP contribution in [0.1, 0.15) is 67.2 Å². The molecule has 2 bridgehead atoms. The molecule has 3 rings (SSSR count). The molecule has 3 fully saturated rings. The number of nitrogens with zero attached hydrogens (tertiary/aromatic N) is 1. The van der Waals surface area contributed by atoms with Crippen LogP contribution in [0.4, 0.5) is 0 Å². The smallest absolute Gasteiger partial charge is 0.325 e. The number of amides is 2. The Kier molecular flexibility index (Phi) is 5.95. The Bertz CT molecular complexity index is 620. The van der Waals surface area contributed by atoms with Gasteiger partial charge in [0.1, 0.15) is 12.1 Å². The first kappa shape index (κ1) is 21.7. The number of hydrogen-bond acceptors (Lipinski definition) is 4. The highest BCUT2D eigenvalue weighted by atomic mass is 16.4. The summed E-state index contributed by atoms with van der Waals surface area (Å²) in [6, 6.07) is -2.46. The Hall–Kier alpha value is -1.63. The van der Waals surface area contributed by atoms with Crippen LogP contribution in [0, 0.1) is 17.3 Å². The van der Waals surface area contributed by atoms with E-state index in [1.807, 2.05) is 6.92 Å². The highest BCUT2D eigenvalue weighted by molar-refractivity contribution is 5.92. The lowest BCUT2D eigenvalue weighted by Gasteiger charge is -2.72. The fourth-order valence-electron chi connectivity index (χ4n) is 5.35. The molecule has 3 aliphatic carbocycles. The molecule has 4 N–H and O–H groups in total. The minimum Gasteiger partial charge on any atom is -0.480 e. The maximum atomic E-state index is 13.3. The third-order valence-electron chi connectivity index (χ3n) is 7.38. The maximum Gasteiger partial charge on any atom is 0.325 e. The van der Waals surface area contributed by atoms with Gasteiger partial charge in [-0.15, -0.1) is 0 Å². The van der Waals surface area contributed by atoms with Gasteiger partial charge in [-0.2, -0.15) is 0 Å². The molecule has 6 atom stereocenters. The van der Waals surface area contributed by atoms with Gasteiger partial charge in [-0.1, -0.05) is 27.7 Å². The Morgan fingerprint density at radius 1 is 1.26 bits per heavy atom. The average molecular weight is 382 g/mol. The molecule has 7 nitrogen and oxygen atoms in total. The van der Waals surface area contributed by atoms with Crippen molar-refractivity contribution in [1.29, 1.82) is 0 Å². The molecule has 0 heterocycles. The Morgan fingerprint density at radius 2 is 1.85 bits per heavy atom. The van der Waals surface area contributed by atoms with Gasteiger partial charge in [-0.3, -0.25) is 14.4 Å². The van der Waals surface area contributed by atoms with Gasteiger partial charge in [0.2, 0.25) is 11.8 Å². The zero-order valence-corrected chi connectivity index (χ0v) is 17.4. The predicted octanol–water partition coefficient (Wildman–Crippen LogP) is 1.74. The van der Waals surface area contributed by atoms with Gasteiger partial charge in [0.15, 0.2) is 0 Å². The molecule has 0 spiro atoms. The monoisotopic (exact) mass is 381 g/mol. The van der Waals surface area contributed by atoms with Crippen LogP contribution in [0.3, 0.4) is 0 Å². The number of hydrogen-bond donors (Lipinski definition) is 3. The molecular weight excluding hydrogens is 346 g/mol. The zero-order valence-electron chi connectivity index (χ0n) is 17.4. The van der Waals surface area contributed by atoms with Crippen molar-refractivity contribution in [3.63, 3.8) is 0 Å². The van der Waals surface area contributed by atoms with Crippen LogP contribution in [0.5, 0.6) is 0 Å². The average Bonchev–Trinajstić information content (AvgIpc) is 2.61. The summed E-state index contributed by atoms with van der Waals surface area (Å²) < 4.78 is 0. The van der Waals surface area contributed by atoms with E-state index in [0.29, 0.717) is 12.3 Å². The molecule has 2 amide bonds. The third kappa shape index (κ3) is 3.24. The van der Waals surface area contributed by atoms with Crippen LogP contribution in [0.15, 0.2) is 0 Å². The summed E-state index contributed by atoms with van der Waals surface area (Å²) in [4.78, 5) is 39.0. The Labute approximate surface area is 162 Å². The molecule has 0 aromatic rings. The van der Waals surface area contributed by atoms with Crippen molar-refractivity contribution in [3.05, 3.63) is 0 Å². The molecular formula is C20H35N3O4. The van der Waals surface area contributed by atoms with Gasteiger partial charge in [0, 0.05) is 0 Å². The van der Waals surface area contributed by atoms with E-state index in [1.54, 1.807) is 11.8 Å². The van der Waals surface area contributed by atoms with E-state index in [0.717, 1.165) is 19.3 Å². The first-order valence-corrected chi connectivity index (χ1v) is 10.0. The van der Waals surface area contributed by atoms with Gasteiger partial charge < -0.3 is 21.1 Å². The standard InChI is InChI=1S/C20H35N3O4/c1-7-15(21)17(25)23(13(4)16(24)22-12(3)18(26)27)20-10-14(19(20,5)6)9-8-11(20)2/h11-15H,7-10,21H2,1-6H3,(H,22,24)(H,26,27)/t11?,12-,13-,14?,15?,20?/m0/s1. The van der Waals surface area contributed by atoms with Crippen LogP contribution >= 0.6 is 0 Å². The minimum absolute atomic E-state index is 0.110. The van der Waals surface area contributed by atoms with Crippen molar-refractivity contribution in [2.75, 3.05) is 0 Å². The number of nitrogens with two attached hydrogens (primary N) is 1. The second-order valence-corrected chi connectivity index (χ2v) is 8.99. The summed E-state index contributed by atoms with van der Waals surface area (Å²) in [7, 11) is 0. The molecule has 0 aromatic carbocycles. The summed E-state index contributed by atoms with van der Waals surface area (Å²) in [5, 5.41) is 11.6. The Balaban J connectivity index is 2.42. The van der Waals surface area contributed by atoms with Crippen molar-refractivity contribution in [3.8, 4) is 0 Å². The van der Waals surface area contributed by atoms with Crippen molar-refractivity contribution < 1.29 is 19.5 Å². The minimum atomic E-state index is -1.10. The van der Waals surface area contributed by atoms with E-state index in [-0.39, 0.29) is 17.2 Å². The van der Waals surface area contributed by atoms with Gasteiger partial charge in [-0.25, -0.2) is 0 Å². The summed E-state index contributed by atoms with van der Waals surface area (Å²) in [6.45, 7) is 11.5. The van der Waals surface area contributed by atoms with Gasteiger partial charge in [-0.05, 0) is 56.8 Å². The van der Waals surface area contributed by atoms with Crippen molar-refractivity contribution >= 4 is 17.8 Å². The predicted molar refractivity (Wildman–Crippen MR) is 103 cm³/mol. The lowest BCUT2D eigenvalue weighted by atomic mass is 9.40. The van der Waals surface area contributed by atoms with Gasteiger partial charge >= 0.3 is 5.97 Å². The lowest BCUT2D eigenvalue weighted by Crippen LogP contribution is -2.79.